The highest BCUT2D eigenvalue weighted by atomic mass is 32.2. The number of nitrogens with one attached hydrogen (secondary N) is 1. The number of nitrogens with zero attached hydrogens (tertiary/aromatic N) is 2. The number of pyridine rings is 1. The van der Waals surface area contributed by atoms with E-state index in [1.54, 1.807) is 24.3 Å². The van der Waals surface area contributed by atoms with Crippen LogP contribution in [0, 0.1) is 0 Å². The van der Waals surface area contributed by atoms with Crippen molar-refractivity contribution in [3.8, 4) is 5.75 Å². The highest BCUT2D eigenvalue weighted by Gasteiger charge is 2.23. The Balaban J connectivity index is 1.71. The molecule has 152 valence electrons. The maximum Gasteiger partial charge on any atom is 0.265 e. The Labute approximate surface area is 172 Å². The Hall–Kier alpha value is -3.06. The van der Waals surface area contributed by atoms with Crippen molar-refractivity contribution >= 4 is 21.5 Å². The predicted molar refractivity (Wildman–Crippen MR) is 116 cm³/mol. The fourth-order valence-corrected chi connectivity index (χ4v) is 4.37. The highest BCUT2D eigenvalue weighted by molar-refractivity contribution is 7.92. The van der Waals surface area contributed by atoms with E-state index in [2.05, 4.69) is 10.3 Å². The smallest absolute Gasteiger partial charge is 0.265 e. The van der Waals surface area contributed by atoms with Crippen LogP contribution in [0.15, 0.2) is 77.8 Å². The van der Waals surface area contributed by atoms with Gasteiger partial charge >= 0.3 is 0 Å². The summed E-state index contributed by atoms with van der Waals surface area (Å²) in [6.07, 6.45) is 1.39. The first-order valence-electron chi connectivity index (χ1n) is 9.54. The summed E-state index contributed by atoms with van der Waals surface area (Å²) in [7, 11) is -3.67. The van der Waals surface area contributed by atoms with Gasteiger partial charge in [0.1, 0.15) is 16.5 Å². The fourth-order valence-electron chi connectivity index (χ4n) is 2.95. The van der Waals surface area contributed by atoms with Gasteiger partial charge < -0.3 is 10.1 Å². The number of sulfonamides is 1. The molecule has 3 aromatic rings. The van der Waals surface area contributed by atoms with Crippen LogP contribution in [0.3, 0.4) is 0 Å². The summed E-state index contributed by atoms with van der Waals surface area (Å²) in [5, 5.41) is 3.21. The van der Waals surface area contributed by atoms with Crippen molar-refractivity contribution < 1.29 is 13.2 Å². The second kappa shape index (κ2) is 9.43. The average molecular weight is 412 g/mol. The molecule has 29 heavy (non-hydrogen) atoms. The number of ether oxygens (including phenoxy) is 1. The van der Waals surface area contributed by atoms with Gasteiger partial charge in [-0.2, -0.15) is 0 Å². The van der Waals surface area contributed by atoms with Crippen molar-refractivity contribution in [1.82, 2.24) is 4.98 Å². The van der Waals surface area contributed by atoms with Crippen molar-refractivity contribution in [2.24, 2.45) is 0 Å². The molecule has 0 radical (unpaired) electrons. The lowest BCUT2D eigenvalue weighted by atomic mass is 10.2. The van der Waals surface area contributed by atoms with E-state index in [0.29, 0.717) is 31.2 Å². The minimum atomic E-state index is -3.67. The lowest BCUT2D eigenvalue weighted by Gasteiger charge is -2.22. The van der Waals surface area contributed by atoms with Crippen molar-refractivity contribution in [1.29, 1.82) is 0 Å². The largest absolute Gasteiger partial charge is 0.494 e. The highest BCUT2D eigenvalue weighted by Crippen LogP contribution is 2.23. The molecule has 0 unspecified atom stereocenters. The predicted octanol–water partition coefficient (Wildman–Crippen LogP) is 4.31. The first-order valence-corrected chi connectivity index (χ1v) is 11.0. The number of anilines is 2. The van der Waals surface area contributed by atoms with E-state index in [4.69, 9.17) is 4.74 Å². The zero-order valence-corrected chi connectivity index (χ0v) is 17.4. The van der Waals surface area contributed by atoms with E-state index in [9.17, 15) is 8.42 Å². The topological polar surface area (TPSA) is 71.5 Å². The third kappa shape index (κ3) is 5.06. The molecule has 3 rings (SSSR count). The summed E-state index contributed by atoms with van der Waals surface area (Å²) in [5.41, 5.74) is 1.68. The number of para-hydroxylation sites is 1. The number of aromatic nitrogens is 1. The minimum absolute atomic E-state index is 0.159. The molecule has 1 heterocycles. The third-order valence-corrected chi connectivity index (χ3v) is 6.23. The molecule has 0 aliphatic heterocycles. The van der Waals surface area contributed by atoms with Crippen molar-refractivity contribution in [3.05, 3.63) is 78.5 Å². The molecule has 7 heteroatoms. The van der Waals surface area contributed by atoms with Gasteiger partial charge in [-0.25, -0.2) is 13.4 Å². The quantitative estimate of drug-likeness (QED) is 0.568. The van der Waals surface area contributed by atoms with Crippen molar-refractivity contribution in [2.45, 2.75) is 25.3 Å². The zero-order chi connectivity index (χ0) is 20.7. The molecule has 0 bridgehead atoms. The molecule has 0 saturated heterocycles. The van der Waals surface area contributed by atoms with E-state index in [1.807, 2.05) is 56.3 Å². The van der Waals surface area contributed by atoms with Crippen molar-refractivity contribution in [3.63, 3.8) is 0 Å². The normalized spacial score (nSPS) is 11.1. The van der Waals surface area contributed by atoms with Gasteiger partial charge in [-0.05, 0) is 55.8 Å². The zero-order valence-electron chi connectivity index (χ0n) is 16.6. The molecule has 0 amide bonds. The van der Waals surface area contributed by atoms with Crippen LogP contribution < -0.4 is 14.4 Å². The van der Waals surface area contributed by atoms with Gasteiger partial charge in [0.05, 0.1) is 12.3 Å². The van der Waals surface area contributed by atoms with Gasteiger partial charge in [0, 0.05) is 19.3 Å². The second-order valence-electron chi connectivity index (χ2n) is 6.32. The molecule has 0 spiro atoms. The van der Waals surface area contributed by atoms with Crippen LogP contribution in [0.5, 0.6) is 5.75 Å². The molecule has 0 fully saturated rings. The number of hydrogen-bond acceptors (Lipinski definition) is 5. The average Bonchev–Trinajstić information content (AvgIpc) is 2.74. The molecule has 2 aromatic carbocycles. The van der Waals surface area contributed by atoms with Gasteiger partial charge in [-0.3, -0.25) is 4.31 Å². The van der Waals surface area contributed by atoms with Gasteiger partial charge in [-0.1, -0.05) is 30.3 Å². The van der Waals surface area contributed by atoms with E-state index in [0.717, 1.165) is 11.3 Å². The van der Waals surface area contributed by atoms with E-state index in [1.165, 1.54) is 10.5 Å². The summed E-state index contributed by atoms with van der Waals surface area (Å²) in [4.78, 5) is 4.44. The molecule has 0 saturated carbocycles. The molecule has 0 atom stereocenters. The summed E-state index contributed by atoms with van der Waals surface area (Å²) in [6, 6.07) is 20.1. The molecule has 0 aliphatic carbocycles. The third-order valence-electron chi connectivity index (χ3n) is 4.34. The summed E-state index contributed by atoms with van der Waals surface area (Å²) in [5.74, 6) is 1.43. The summed E-state index contributed by atoms with van der Waals surface area (Å²) < 4.78 is 32.9. The van der Waals surface area contributed by atoms with E-state index < -0.39 is 10.0 Å². The first kappa shape index (κ1) is 20.7. The van der Waals surface area contributed by atoms with Crippen LogP contribution in [0.1, 0.15) is 19.4 Å². The van der Waals surface area contributed by atoms with Gasteiger partial charge in [0.2, 0.25) is 0 Å². The van der Waals surface area contributed by atoms with Gasteiger partial charge in [0.25, 0.3) is 10.0 Å². The Kier molecular flexibility index (Phi) is 6.72. The van der Waals surface area contributed by atoms with E-state index >= 15 is 0 Å². The number of hydrogen-bond donors (Lipinski definition) is 1. The molecule has 1 aromatic heterocycles. The molecule has 6 nitrogen and oxygen atoms in total. The monoisotopic (exact) mass is 411 g/mol. The molecule has 0 aliphatic rings. The minimum Gasteiger partial charge on any atom is -0.494 e. The van der Waals surface area contributed by atoms with Crippen LogP contribution in [0.25, 0.3) is 0 Å². The second-order valence-corrected chi connectivity index (χ2v) is 8.18. The van der Waals surface area contributed by atoms with Crippen LogP contribution in [0.2, 0.25) is 0 Å². The van der Waals surface area contributed by atoms with Crippen molar-refractivity contribution in [2.75, 3.05) is 22.8 Å². The fraction of sp³-hybridized carbons (Fsp3) is 0.227. The molecular formula is C22H25N3O3S. The molecule has 1 N–H and O–H groups in total. The summed E-state index contributed by atoms with van der Waals surface area (Å²) in [6.45, 7) is 5.27. The Morgan fingerprint density at radius 1 is 1.00 bits per heavy atom. The maximum atomic E-state index is 13.0. The molecular weight excluding hydrogens is 386 g/mol. The maximum absolute atomic E-state index is 13.0. The van der Waals surface area contributed by atoms with Gasteiger partial charge in [0.15, 0.2) is 0 Å². The van der Waals surface area contributed by atoms with E-state index in [-0.39, 0.29) is 4.90 Å². The lowest BCUT2D eigenvalue weighted by Crippen LogP contribution is -2.30. The summed E-state index contributed by atoms with van der Waals surface area (Å²) >= 11 is 0. The van der Waals surface area contributed by atoms with Crippen LogP contribution in [-0.4, -0.2) is 26.6 Å². The van der Waals surface area contributed by atoms with Gasteiger partial charge in [-0.15, -0.1) is 0 Å². The standard InChI is InChI=1S/C22H25N3O3S/c1-3-25(19-10-6-5-7-11-19)29(26,27)21-13-14-22(24-17-21)23-16-18-9-8-12-20(15-18)28-4-2/h5-15,17H,3-4,16H2,1-2H3,(H,23,24). The number of benzene rings is 2. The lowest BCUT2D eigenvalue weighted by molar-refractivity contribution is 0.340. The van der Waals surface area contributed by atoms with Crippen LogP contribution in [0.4, 0.5) is 11.5 Å². The van der Waals surface area contributed by atoms with Crippen LogP contribution >= 0.6 is 0 Å². The Bertz CT molecular complexity index is 1020. The Morgan fingerprint density at radius 3 is 2.45 bits per heavy atom. The number of rotatable bonds is 9. The first-order chi connectivity index (χ1) is 14.0. The Morgan fingerprint density at radius 2 is 1.79 bits per heavy atom. The SMILES string of the molecule is CCOc1cccc(CNc2ccc(S(=O)(=O)N(CC)c3ccccc3)cn2)c1. The van der Waals surface area contributed by atoms with Crippen LogP contribution in [-0.2, 0) is 16.6 Å².